The van der Waals surface area contributed by atoms with Crippen LogP contribution < -0.4 is 0 Å². The first-order valence-corrected chi connectivity index (χ1v) is 5.86. The van der Waals surface area contributed by atoms with Crippen molar-refractivity contribution in [3.05, 3.63) is 57.9 Å². The van der Waals surface area contributed by atoms with Crippen LogP contribution in [-0.2, 0) is 0 Å². The molecule has 0 amide bonds. The third-order valence-corrected chi connectivity index (χ3v) is 2.87. The quantitative estimate of drug-likeness (QED) is 0.369. The molecule has 0 spiro atoms. The number of benzene rings is 2. The second-order valence-electron chi connectivity index (χ2n) is 3.87. The minimum atomic E-state index is 0.504. The molecule has 0 atom stereocenters. The summed E-state index contributed by atoms with van der Waals surface area (Å²) in [5.74, 6) is 0.504. The molecule has 3 aromatic rings. The van der Waals surface area contributed by atoms with E-state index in [1.807, 2.05) is 12.1 Å². The van der Waals surface area contributed by atoms with Crippen LogP contribution in [0.15, 0.2) is 52.0 Å². The lowest BCUT2D eigenvalue weighted by molar-refractivity contribution is 0.620. The number of aromatic nitrogens is 1. The molecule has 2 aromatic carbocycles. The predicted molar refractivity (Wildman–Crippen MR) is 73.3 cm³/mol. The lowest BCUT2D eigenvalue weighted by Gasteiger charge is -1.94. The van der Waals surface area contributed by atoms with E-state index in [9.17, 15) is 0 Å². The standard InChI is InChI=1S/C13H7ClN4O/c14-9-3-1-8(2-4-9)13-16-11-7-10(17-18-15)5-6-12(11)19-13/h1-7H. The van der Waals surface area contributed by atoms with Crippen molar-refractivity contribution in [2.75, 3.05) is 0 Å². The van der Waals surface area contributed by atoms with Crippen molar-refractivity contribution in [3.8, 4) is 11.5 Å². The molecule has 92 valence electrons. The number of nitrogens with zero attached hydrogens (tertiary/aromatic N) is 4. The minimum Gasteiger partial charge on any atom is -0.436 e. The molecule has 1 heterocycles. The fraction of sp³-hybridized carbons (Fsp3) is 0. The molecular formula is C13H7ClN4O. The number of fused-ring (bicyclic) bond motifs is 1. The molecule has 0 N–H and O–H groups in total. The molecule has 0 fully saturated rings. The van der Waals surface area contributed by atoms with E-state index in [-0.39, 0.29) is 0 Å². The van der Waals surface area contributed by atoms with Crippen molar-refractivity contribution in [1.82, 2.24) is 4.98 Å². The van der Waals surface area contributed by atoms with Crippen molar-refractivity contribution in [2.45, 2.75) is 0 Å². The number of hydrogen-bond acceptors (Lipinski definition) is 3. The lowest BCUT2D eigenvalue weighted by Crippen LogP contribution is -1.75. The Morgan fingerprint density at radius 1 is 1.16 bits per heavy atom. The molecule has 3 rings (SSSR count). The van der Waals surface area contributed by atoms with Crippen molar-refractivity contribution in [3.63, 3.8) is 0 Å². The average molecular weight is 271 g/mol. The van der Waals surface area contributed by atoms with Crippen LogP contribution in [0.1, 0.15) is 0 Å². The Morgan fingerprint density at radius 2 is 1.95 bits per heavy atom. The maximum absolute atomic E-state index is 8.40. The Hall–Kier alpha value is -2.49. The third kappa shape index (κ3) is 2.25. The Kier molecular flexibility index (Phi) is 2.83. The number of halogens is 1. The maximum Gasteiger partial charge on any atom is 0.227 e. The summed E-state index contributed by atoms with van der Waals surface area (Å²) in [6.45, 7) is 0. The summed E-state index contributed by atoms with van der Waals surface area (Å²) in [5.41, 5.74) is 11.0. The highest BCUT2D eigenvalue weighted by Crippen LogP contribution is 2.27. The fourth-order valence-electron chi connectivity index (χ4n) is 1.75. The molecular weight excluding hydrogens is 264 g/mol. The second-order valence-corrected chi connectivity index (χ2v) is 4.30. The molecule has 0 aliphatic heterocycles. The van der Waals surface area contributed by atoms with Gasteiger partial charge in [-0.15, -0.1) is 0 Å². The van der Waals surface area contributed by atoms with Crippen LogP contribution in [0.5, 0.6) is 0 Å². The monoisotopic (exact) mass is 270 g/mol. The van der Waals surface area contributed by atoms with Crippen LogP contribution in [0.4, 0.5) is 5.69 Å². The zero-order chi connectivity index (χ0) is 13.2. The fourth-order valence-corrected chi connectivity index (χ4v) is 1.87. The predicted octanol–water partition coefficient (Wildman–Crippen LogP) is 5.09. The van der Waals surface area contributed by atoms with Crippen molar-refractivity contribution >= 4 is 28.4 Å². The Balaban J connectivity index is 2.10. The molecule has 1 aromatic heterocycles. The van der Waals surface area contributed by atoms with E-state index in [0.29, 0.717) is 27.7 Å². The Bertz CT molecular complexity index is 788. The van der Waals surface area contributed by atoms with E-state index in [1.54, 1.807) is 30.3 Å². The number of oxazole rings is 1. The largest absolute Gasteiger partial charge is 0.436 e. The van der Waals surface area contributed by atoms with Gasteiger partial charge in [-0.3, -0.25) is 0 Å². The van der Waals surface area contributed by atoms with Gasteiger partial charge in [-0.2, -0.15) is 0 Å². The number of hydrogen-bond donors (Lipinski definition) is 0. The first-order valence-electron chi connectivity index (χ1n) is 5.48. The molecule has 6 heteroatoms. The van der Waals surface area contributed by atoms with Gasteiger partial charge in [0.1, 0.15) is 5.52 Å². The van der Waals surface area contributed by atoms with Gasteiger partial charge in [0.2, 0.25) is 5.89 Å². The summed E-state index contributed by atoms with van der Waals surface area (Å²) in [6.07, 6.45) is 0. The second kappa shape index (κ2) is 4.65. The van der Waals surface area contributed by atoms with Gasteiger partial charge < -0.3 is 4.42 Å². The van der Waals surface area contributed by atoms with Crippen LogP contribution >= 0.6 is 11.6 Å². The van der Waals surface area contributed by atoms with E-state index in [1.165, 1.54) is 0 Å². The zero-order valence-corrected chi connectivity index (χ0v) is 10.4. The van der Waals surface area contributed by atoms with E-state index >= 15 is 0 Å². The molecule has 0 aliphatic carbocycles. The summed E-state index contributed by atoms with van der Waals surface area (Å²) in [5, 5.41) is 4.19. The maximum atomic E-state index is 8.40. The van der Waals surface area contributed by atoms with E-state index in [0.717, 1.165) is 5.56 Å². The van der Waals surface area contributed by atoms with Crippen LogP contribution in [0.25, 0.3) is 33.0 Å². The van der Waals surface area contributed by atoms with Crippen LogP contribution in [-0.4, -0.2) is 4.98 Å². The normalized spacial score (nSPS) is 10.4. The van der Waals surface area contributed by atoms with E-state index < -0.39 is 0 Å². The summed E-state index contributed by atoms with van der Waals surface area (Å²) < 4.78 is 5.64. The summed E-state index contributed by atoms with van der Waals surface area (Å²) >= 11 is 5.84. The van der Waals surface area contributed by atoms with Crippen molar-refractivity contribution in [2.24, 2.45) is 5.11 Å². The molecule has 0 bridgehead atoms. The third-order valence-electron chi connectivity index (χ3n) is 2.62. The SMILES string of the molecule is [N-]=[N+]=Nc1ccc2oc(-c3ccc(Cl)cc3)nc2c1. The van der Waals surface area contributed by atoms with Gasteiger partial charge in [-0.05, 0) is 48.0 Å². The molecule has 0 unspecified atom stereocenters. The Morgan fingerprint density at radius 3 is 2.68 bits per heavy atom. The van der Waals surface area contributed by atoms with Gasteiger partial charge in [0, 0.05) is 21.2 Å². The highest BCUT2D eigenvalue weighted by molar-refractivity contribution is 6.30. The first kappa shape index (κ1) is 11.6. The lowest BCUT2D eigenvalue weighted by atomic mass is 10.2. The van der Waals surface area contributed by atoms with Crippen LogP contribution in [0.2, 0.25) is 5.02 Å². The zero-order valence-electron chi connectivity index (χ0n) is 9.62. The van der Waals surface area contributed by atoms with Crippen molar-refractivity contribution in [1.29, 1.82) is 0 Å². The first-order chi connectivity index (χ1) is 9.26. The highest BCUT2D eigenvalue weighted by atomic mass is 35.5. The highest BCUT2D eigenvalue weighted by Gasteiger charge is 2.08. The topological polar surface area (TPSA) is 74.8 Å². The summed E-state index contributed by atoms with van der Waals surface area (Å²) in [7, 11) is 0. The van der Waals surface area contributed by atoms with Gasteiger partial charge in [0.15, 0.2) is 5.58 Å². The summed E-state index contributed by atoms with van der Waals surface area (Å²) in [4.78, 5) is 7.10. The molecule has 5 nitrogen and oxygen atoms in total. The molecule has 0 radical (unpaired) electrons. The van der Waals surface area contributed by atoms with E-state index in [2.05, 4.69) is 15.0 Å². The van der Waals surface area contributed by atoms with Gasteiger partial charge in [0.25, 0.3) is 0 Å². The van der Waals surface area contributed by atoms with Gasteiger partial charge in [-0.1, -0.05) is 16.7 Å². The van der Waals surface area contributed by atoms with Crippen LogP contribution in [0, 0.1) is 0 Å². The number of azide groups is 1. The van der Waals surface area contributed by atoms with Crippen molar-refractivity contribution < 1.29 is 4.42 Å². The Labute approximate surface area is 113 Å². The average Bonchev–Trinajstić information content (AvgIpc) is 2.83. The molecule has 0 saturated carbocycles. The van der Waals surface area contributed by atoms with Gasteiger partial charge >= 0.3 is 0 Å². The van der Waals surface area contributed by atoms with Gasteiger partial charge in [-0.25, -0.2) is 4.98 Å². The molecule has 19 heavy (non-hydrogen) atoms. The number of rotatable bonds is 2. The smallest absolute Gasteiger partial charge is 0.227 e. The van der Waals surface area contributed by atoms with Gasteiger partial charge in [0.05, 0.1) is 0 Å². The van der Waals surface area contributed by atoms with E-state index in [4.69, 9.17) is 21.5 Å². The van der Waals surface area contributed by atoms with Crippen LogP contribution in [0.3, 0.4) is 0 Å². The molecule has 0 saturated heterocycles. The summed E-state index contributed by atoms with van der Waals surface area (Å²) in [6, 6.07) is 12.3. The molecule has 0 aliphatic rings. The minimum absolute atomic E-state index is 0.504.